The van der Waals surface area contributed by atoms with E-state index in [0.29, 0.717) is 38.8 Å². The Hall–Kier alpha value is -3.93. The van der Waals surface area contributed by atoms with Gasteiger partial charge in [-0.1, -0.05) is 70.9 Å². The molecule has 1 heterocycles. The molecule has 0 saturated carbocycles. The highest BCUT2D eigenvalue weighted by Gasteiger charge is 2.38. The number of unbranched alkanes of at least 4 members (excludes halogenated alkanes) is 2. The minimum atomic E-state index is -0.943. The number of allylic oxidation sites excluding steroid dienone is 1. The van der Waals surface area contributed by atoms with E-state index in [1.54, 1.807) is 6.08 Å². The van der Waals surface area contributed by atoms with E-state index in [9.17, 15) is 29.1 Å². The monoisotopic (exact) mass is 643 g/mol. The van der Waals surface area contributed by atoms with E-state index < -0.39 is 42.4 Å². The van der Waals surface area contributed by atoms with E-state index >= 15 is 0 Å². The van der Waals surface area contributed by atoms with Crippen molar-refractivity contribution < 1.29 is 33.8 Å². The number of amides is 5. The molecule has 12 heteroatoms. The molecule has 1 aliphatic heterocycles. The van der Waals surface area contributed by atoms with Crippen LogP contribution in [-0.4, -0.2) is 90.5 Å². The molecule has 0 spiro atoms. The largest absolute Gasteiger partial charge is 0.511 e. The minimum Gasteiger partial charge on any atom is -0.511 e. The minimum absolute atomic E-state index is 0.0227. The maximum atomic E-state index is 13.6. The first-order chi connectivity index (χ1) is 22.0. The third-order valence-corrected chi connectivity index (χ3v) is 7.55. The van der Waals surface area contributed by atoms with Gasteiger partial charge in [-0.05, 0) is 49.7 Å². The normalized spacial score (nSPS) is 16.1. The van der Waals surface area contributed by atoms with Crippen LogP contribution in [-0.2, 0) is 35.1 Å². The van der Waals surface area contributed by atoms with Crippen molar-refractivity contribution in [2.75, 3.05) is 32.8 Å². The Morgan fingerprint density at radius 1 is 0.978 bits per heavy atom. The summed E-state index contributed by atoms with van der Waals surface area (Å²) in [6, 6.07) is 6.66. The second kappa shape index (κ2) is 21.0. The molecule has 1 aromatic carbocycles. The van der Waals surface area contributed by atoms with Gasteiger partial charge in [0.1, 0.15) is 30.5 Å². The maximum Gasteiger partial charge on any atom is 0.246 e. The molecule has 256 valence electrons. The number of hydrogen-bond acceptors (Lipinski definition) is 7. The standard InChI is InChI=1S/C34H53N5O7/c1-5-7-11-18-46-23-31(42)38-28(19-24(3)4)34(45)39-17-12-16-29(39)33(44)36-22-30(41)37-27(20-25-14-9-8-10-15-25)32(43)35-21-26(40)13-6-2/h8-10,13-15,24,27-29,40H,5-7,11-12,16-23H2,1-4H3,(H,35,43)(H,36,44)(H,37,41)(H,38,42)/b26-13+. The summed E-state index contributed by atoms with van der Waals surface area (Å²) in [5.74, 6) is -2.10. The lowest BCUT2D eigenvalue weighted by atomic mass is 10.0. The molecule has 0 bridgehead atoms. The van der Waals surface area contributed by atoms with E-state index in [2.05, 4.69) is 28.2 Å². The summed E-state index contributed by atoms with van der Waals surface area (Å²) in [4.78, 5) is 66.7. The van der Waals surface area contributed by atoms with Gasteiger partial charge < -0.3 is 36.0 Å². The number of likely N-dealkylation sites (tertiary alicyclic amines) is 1. The maximum absolute atomic E-state index is 13.6. The lowest BCUT2D eigenvalue weighted by Gasteiger charge is -2.29. The molecule has 5 amide bonds. The van der Waals surface area contributed by atoms with E-state index in [1.807, 2.05) is 51.1 Å². The zero-order chi connectivity index (χ0) is 33.9. The Morgan fingerprint density at radius 2 is 1.70 bits per heavy atom. The Morgan fingerprint density at radius 3 is 2.37 bits per heavy atom. The molecule has 2 rings (SSSR count). The van der Waals surface area contributed by atoms with Crippen molar-refractivity contribution in [3.05, 3.63) is 47.7 Å². The lowest BCUT2D eigenvalue weighted by Crippen LogP contribution is -2.55. The van der Waals surface area contributed by atoms with Crippen LogP contribution in [0.25, 0.3) is 0 Å². The molecule has 1 aromatic rings. The number of hydrogen-bond donors (Lipinski definition) is 5. The SMILES string of the molecule is CC/C=C(/O)CNC(=O)C(Cc1ccccc1)NC(=O)CNC(=O)C1CCCN1C(=O)C(CC(C)C)NC(=O)COCCCCC. The number of ether oxygens (including phenoxy) is 1. The first-order valence-electron chi connectivity index (χ1n) is 16.5. The molecule has 0 radical (unpaired) electrons. The zero-order valence-electron chi connectivity index (χ0n) is 27.8. The Kier molecular flexibility index (Phi) is 17.4. The van der Waals surface area contributed by atoms with Crippen LogP contribution in [0.4, 0.5) is 0 Å². The predicted molar refractivity (Wildman–Crippen MR) is 176 cm³/mol. The van der Waals surface area contributed by atoms with Gasteiger partial charge >= 0.3 is 0 Å². The number of carbonyl (C=O) groups is 5. The topological polar surface area (TPSA) is 166 Å². The van der Waals surface area contributed by atoms with Gasteiger partial charge in [-0.2, -0.15) is 0 Å². The number of benzene rings is 1. The predicted octanol–water partition coefficient (Wildman–Crippen LogP) is 2.53. The highest BCUT2D eigenvalue weighted by atomic mass is 16.5. The van der Waals surface area contributed by atoms with Crippen molar-refractivity contribution in [1.29, 1.82) is 0 Å². The van der Waals surface area contributed by atoms with Gasteiger partial charge in [0.2, 0.25) is 29.5 Å². The third kappa shape index (κ3) is 14.0. The van der Waals surface area contributed by atoms with Gasteiger partial charge in [-0.3, -0.25) is 24.0 Å². The van der Waals surface area contributed by atoms with Gasteiger partial charge in [0.05, 0.1) is 13.1 Å². The van der Waals surface area contributed by atoms with E-state index in [1.165, 1.54) is 4.90 Å². The average Bonchev–Trinajstić information content (AvgIpc) is 3.52. The van der Waals surface area contributed by atoms with Crippen molar-refractivity contribution in [2.45, 2.75) is 97.2 Å². The number of rotatable bonds is 20. The molecule has 0 aliphatic carbocycles. The van der Waals surface area contributed by atoms with Crippen LogP contribution in [0.1, 0.15) is 78.2 Å². The fraction of sp³-hybridized carbons (Fsp3) is 0.618. The Bertz CT molecular complexity index is 1160. The first kappa shape index (κ1) is 38.3. The highest BCUT2D eigenvalue weighted by Crippen LogP contribution is 2.20. The van der Waals surface area contributed by atoms with Crippen LogP contribution in [0.5, 0.6) is 0 Å². The lowest BCUT2D eigenvalue weighted by molar-refractivity contribution is -0.142. The highest BCUT2D eigenvalue weighted by molar-refractivity contribution is 5.94. The van der Waals surface area contributed by atoms with Crippen LogP contribution in [0.3, 0.4) is 0 Å². The van der Waals surface area contributed by atoms with Crippen LogP contribution in [0, 0.1) is 5.92 Å². The molecular formula is C34H53N5O7. The fourth-order valence-corrected chi connectivity index (χ4v) is 5.25. The number of aliphatic hydroxyl groups is 1. The van der Waals surface area contributed by atoms with Crippen LogP contribution in [0.15, 0.2) is 42.2 Å². The molecule has 3 atom stereocenters. The summed E-state index contributed by atoms with van der Waals surface area (Å²) in [6.45, 7) is 8.10. The summed E-state index contributed by atoms with van der Waals surface area (Å²) in [6.07, 6.45) is 6.77. The summed E-state index contributed by atoms with van der Waals surface area (Å²) in [7, 11) is 0. The molecule has 12 nitrogen and oxygen atoms in total. The van der Waals surface area contributed by atoms with Gasteiger partial charge in [-0.25, -0.2) is 0 Å². The van der Waals surface area contributed by atoms with E-state index in [-0.39, 0.29) is 43.1 Å². The van der Waals surface area contributed by atoms with E-state index in [0.717, 1.165) is 24.8 Å². The van der Waals surface area contributed by atoms with Crippen molar-refractivity contribution in [1.82, 2.24) is 26.2 Å². The number of nitrogens with one attached hydrogen (secondary N) is 4. The molecule has 0 aromatic heterocycles. The van der Waals surface area contributed by atoms with Gasteiger partial charge in [0, 0.05) is 19.6 Å². The average molecular weight is 644 g/mol. The summed E-state index contributed by atoms with van der Waals surface area (Å²) >= 11 is 0. The van der Waals surface area contributed by atoms with Crippen molar-refractivity contribution in [2.24, 2.45) is 5.92 Å². The van der Waals surface area contributed by atoms with Crippen molar-refractivity contribution in [3.63, 3.8) is 0 Å². The van der Waals surface area contributed by atoms with Crippen LogP contribution < -0.4 is 21.3 Å². The van der Waals surface area contributed by atoms with Crippen molar-refractivity contribution in [3.8, 4) is 0 Å². The van der Waals surface area contributed by atoms with Crippen LogP contribution in [0.2, 0.25) is 0 Å². The smallest absolute Gasteiger partial charge is 0.246 e. The van der Waals surface area contributed by atoms with Gasteiger partial charge in [0.25, 0.3) is 0 Å². The Balaban J connectivity index is 1.99. The third-order valence-electron chi connectivity index (χ3n) is 7.55. The molecule has 1 aliphatic rings. The van der Waals surface area contributed by atoms with E-state index in [4.69, 9.17) is 4.74 Å². The van der Waals surface area contributed by atoms with Gasteiger partial charge in [0.15, 0.2) is 0 Å². The first-order valence-corrected chi connectivity index (χ1v) is 16.5. The van der Waals surface area contributed by atoms with Crippen LogP contribution >= 0.6 is 0 Å². The fourth-order valence-electron chi connectivity index (χ4n) is 5.25. The summed E-state index contributed by atoms with van der Waals surface area (Å²) in [5, 5.41) is 20.6. The zero-order valence-corrected chi connectivity index (χ0v) is 27.8. The molecule has 46 heavy (non-hydrogen) atoms. The second-order valence-corrected chi connectivity index (χ2v) is 12.0. The summed E-state index contributed by atoms with van der Waals surface area (Å²) < 4.78 is 5.45. The number of nitrogens with zero attached hydrogens (tertiary/aromatic N) is 1. The summed E-state index contributed by atoms with van der Waals surface area (Å²) in [5.41, 5.74) is 0.825. The molecule has 1 saturated heterocycles. The second-order valence-electron chi connectivity index (χ2n) is 12.0. The molecule has 3 unspecified atom stereocenters. The van der Waals surface area contributed by atoms with Gasteiger partial charge in [-0.15, -0.1) is 0 Å². The number of carbonyl (C=O) groups excluding carboxylic acids is 5. The molecular weight excluding hydrogens is 590 g/mol. The molecule has 1 fully saturated rings. The quantitative estimate of drug-likeness (QED) is 0.108. The van der Waals surface area contributed by atoms with Crippen molar-refractivity contribution >= 4 is 29.5 Å². The number of aliphatic hydroxyl groups excluding tert-OH is 1. The molecule has 5 N–H and O–H groups in total. The Labute approximate surface area is 273 Å².